The van der Waals surface area contributed by atoms with E-state index in [1.807, 2.05) is 0 Å². The van der Waals surface area contributed by atoms with Crippen molar-refractivity contribution in [3.8, 4) is 0 Å². The highest BCUT2D eigenvalue weighted by molar-refractivity contribution is 9.10. The van der Waals surface area contributed by atoms with Gasteiger partial charge in [-0.3, -0.25) is 14.9 Å². The zero-order chi connectivity index (χ0) is 14.4. The van der Waals surface area contributed by atoms with E-state index in [1.54, 1.807) is 6.92 Å². The van der Waals surface area contributed by atoms with Crippen LogP contribution in [0.5, 0.6) is 0 Å². The second-order valence-corrected chi connectivity index (χ2v) is 4.76. The van der Waals surface area contributed by atoms with Crippen LogP contribution in [0.25, 0.3) is 0 Å². The van der Waals surface area contributed by atoms with Gasteiger partial charge >= 0.3 is 5.97 Å². The minimum atomic E-state index is -0.814. The molecule has 0 aliphatic carbocycles. The third-order valence-corrected chi connectivity index (χ3v) is 3.51. The van der Waals surface area contributed by atoms with Gasteiger partial charge in [0, 0.05) is 18.5 Å². The summed E-state index contributed by atoms with van der Waals surface area (Å²) in [6, 6.07) is 0. The van der Waals surface area contributed by atoms with E-state index in [4.69, 9.17) is 5.11 Å². The molecule has 0 aromatic carbocycles. The van der Waals surface area contributed by atoms with Crippen LogP contribution in [0.15, 0.2) is 10.7 Å². The van der Waals surface area contributed by atoms with E-state index >= 15 is 0 Å². The maximum Gasteiger partial charge on any atom is 0.303 e. The molecule has 0 amide bonds. The van der Waals surface area contributed by atoms with Crippen LogP contribution >= 0.6 is 15.9 Å². The van der Waals surface area contributed by atoms with Gasteiger partial charge in [-0.2, -0.15) is 0 Å². The molecule has 0 saturated heterocycles. The van der Waals surface area contributed by atoms with Crippen molar-refractivity contribution in [2.45, 2.75) is 26.2 Å². The number of hydrogen-bond acceptors (Lipinski definition) is 5. The molecule has 0 fully saturated rings. The van der Waals surface area contributed by atoms with Gasteiger partial charge in [0.1, 0.15) is 12.0 Å². The molecule has 0 radical (unpaired) electrons. The fraction of sp³-hybridized carbons (Fsp3) is 0.455. The van der Waals surface area contributed by atoms with Gasteiger partial charge in [-0.15, -0.1) is 0 Å². The summed E-state index contributed by atoms with van der Waals surface area (Å²) in [5.41, 5.74) is 0.469. The van der Waals surface area contributed by atoms with Crippen LogP contribution in [0.3, 0.4) is 0 Å². The number of carboxylic acids is 1. The number of nitrogens with zero attached hydrogens (tertiary/aromatic N) is 2. The summed E-state index contributed by atoms with van der Waals surface area (Å²) in [6.07, 6.45) is 2.61. The first kappa shape index (κ1) is 15.4. The molecule has 0 unspecified atom stereocenters. The summed E-state index contributed by atoms with van der Waals surface area (Å²) in [7, 11) is 0. The van der Waals surface area contributed by atoms with Crippen LogP contribution in [0.1, 0.15) is 24.8 Å². The van der Waals surface area contributed by atoms with Gasteiger partial charge in [0.05, 0.1) is 9.40 Å². The first-order valence-electron chi connectivity index (χ1n) is 5.68. The number of aliphatic carboxylic acids is 1. The molecule has 0 atom stereocenters. The van der Waals surface area contributed by atoms with Crippen molar-refractivity contribution >= 4 is 33.4 Å². The molecule has 2 N–H and O–H groups in total. The highest BCUT2D eigenvalue weighted by Gasteiger charge is 2.16. The van der Waals surface area contributed by atoms with E-state index in [1.165, 1.54) is 6.20 Å². The zero-order valence-corrected chi connectivity index (χ0v) is 11.9. The van der Waals surface area contributed by atoms with E-state index in [9.17, 15) is 14.9 Å². The Kier molecular flexibility index (Phi) is 5.68. The van der Waals surface area contributed by atoms with Crippen LogP contribution < -0.4 is 5.32 Å². The molecular formula is C11H14BrN3O4. The summed E-state index contributed by atoms with van der Waals surface area (Å²) in [5.74, 6) is -0.288. The van der Waals surface area contributed by atoms with Gasteiger partial charge in [-0.1, -0.05) is 0 Å². The normalized spacial score (nSPS) is 10.2. The third kappa shape index (κ3) is 4.47. The van der Waals surface area contributed by atoms with Crippen LogP contribution in [-0.4, -0.2) is 27.5 Å². The van der Waals surface area contributed by atoms with Gasteiger partial charge in [0.2, 0.25) is 0 Å². The van der Waals surface area contributed by atoms with E-state index in [0.717, 1.165) is 0 Å². The number of aromatic nitrogens is 1. The molecule has 0 spiro atoms. The second-order valence-electron chi connectivity index (χ2n) is 3.97. The number of nitrogens with one attached hydrogen (secondary N) is 1. The Morgan fingerprint density at radius 1 is 1.58 bits per heavy atom. The lowest BCUT2D eigenvalue weighted by molar-refractivity contribution is -0.385. The maximum atomic E-state index is 10.7. The summed E-state index contributed by atoms with van der Waals surface area (Å²) >= 11 is 3.27. The number of carbonyl (C=O) groups is 1. The number of nitro groups is 1. The molecular weight excluding hydrogens is 318 g/mol. The Bertz CT molecular complexity index is 493. The molecule has 8 heteroatoms. The predicted molar refractivity (Wildman–Crippen MR) is 73.3 cm³/mol. The lowest BCUT2D eigenvalue weighted by Gasteiger charge is -2.09. The minimum absolute atomic E-state index is 0.0386. The molecule has 0 saturated carbocycles. The van der Waals surface area contributed by atoms with Crippen LogP contribution in [0.4, 0.5) is 11.5 Å². The number of pyridine rings is 1. The number of carboxylic acid groups (broad SMARTS) is 1. The second kappa shape index (κ2) is 7.03. The number of anilines is 1. The molecule has 7 nitrogen and oxygen atoms in total. The third-order valence-electron chi connectivity index (χ3n) is 2.54. The quantitative estimate of drug-likeness (QED) is 0.452. The van der Waals surface area contributed by atoms with Crippen LogP contribution in [-0.2, 0) is 4.79 Å². The Morgan fingerprint density at radius 2 is 2.26 bits per heavy atom. The van der Waals surface area contributed by atoms with Gasteiger partial charge < -0.3 is 10.4 Å². The van der Waals surface area contributed by atoms with Gasteiger partial charge in [-0.25, -0.2) is 4.98 Å². The Morgan fingerprint density at radius 3 is 2.84 bits per heavy atom. The Hall–Kier alpha value is -1.70. The topological polar surface area (TPSA) is 105 Å². The van der Waals surface area contributed by atoms with E-state index in [-0.39, 0.29) is 12.1 Å². The van der Waals surface area contributed by atoms with Crippen LogP contribution in [0.2, 0.25) is 0 Å². The van der Waals surface area contributed by atoms with Gasteiger partial charge in [0.15, 0.2) is 0 Å². The molecule has 1 heterocycles. The van der Waals surface area contributed by atoms with E-state index in [0.29, 0.717) is 35.2 Å². The SMILES string of the molecule is Cc1c([N+](=O)[O-])cnc(NCCCCC(=O)O)c1Br. The summed E-state index contributed by atoms with van der Waals surface area (Å²) < 4.78 is 0.555. The molecule has 0 bridgehead atoms. The fourth-order valence-electron chi connectivity index (χ4n) is 1.48. The molecule has 0 aliphatic rings. The standard InChI is InChI=1S/C11H14BrN3O4/c1-7-8(15(18)19)6-14-11(10(7)12)13-5-3-2-4-9(16)17/h6H,2-5H2,1H3,(H,13,14)(H,16,17). The lowest BCUT2D eigenvalue weighted by atomic mass is 10.2. The molecule has 104 valence electrons. The average Bonchev–Trinajstić information content (AvgIpc) is 2.33. The highest BCUT2D eigenvalue weighted by atomic mass is 79.9. The minimum Gasteiger partial charge on any atom is -0.481 e. The number of unbranched alkanes of at least 4 members (excludes halogenated alkanes) is 1. The summed E-state index contributed by atoms with van der Waals surface area (Å²) in [5, 5.41) is 22.2. The van der Waals surface area contributed by atoms with Crippen molar-refractivity contribution < 1.29 is 14.8 Å². The van der Waals surface area contributed by atoms with Crippen molar-refractivity contribution in [2.24, 2.45) is 0 Å². The van der Waals surface area contributed by atoms with Crippen molar-refractivity contribution in [1.82, 2.24) is 4.98 Å². The van der Waals surface area contributed by atoms with E-state index in [2.05, 4.69) is 26.2 Å². The maximum absolute atomic E-state index is 10.7. The average molecular weight is 332 g/mol. The van der Waals surface area contributed by atoms with Crippen molar-refractivity contribution in [3.05, 3.63) is 26.3 Å². The predicted octanol–water partition coefficient (Wildman–Crippen LogP) is 2.73. The van der Waals surface area contributed by atoms with Crippen molar-refractivity contribution in [2.75, 3.05) is 11.9 Å². The highest BCUT2D eigenvalue weighted by Crippen LogP contribution is 2.30. The fourth-order valence-corrected chi connectivity index (χ4v) is 1.93. The van der Waals surface area contributed by atoms with Crippen molar-refractivity contribution in [3.63, 3.8) is 0 Å². The summed E-state index contributed by atoms with van der Waals surface area (Å²) in [6.45, 7) is 2.20. The smallest absolute Gasteiger partial charge is 0.303 e. The molecule has 1 rings (SSSR count). The first-order valence-corrected chi connectivity index (χ1v) is 6.48. The first-order chi connectivity index (χ1) is 8.93. The lowest BCUT2D eigenvalue weighted by Crippen LogP contribution is -2.06. The monoisotopic (exact) mass is 331 g/mol. The molecule has 19 heavy (non-hydrogen) atoms. The Labute approximate surface area is 118 Å². The Balaban J connectivity index is 2.58. The van der Waals surface area contributed by atoms with Crippen molar-refractivity contribution in [1.29, 1.82) is 0 Å². The number of rotatable bonds is 7. The molecule has 1 aromatic rings. The molecule has 1 aromatic heterocycles. The van der Waals surface area contributed by atoms with Gasteiger partial charge in [0.25, 0.3) is 5.69 Å². The zero-order valence-electron chi connectivity index (χ0n) is 10.4. The largest absolute Gasteiger partial charge is 0.481 e. The van der Waals surface area contributed by atoms with Crippen LogP contribution in [0, 0.1) is 17.0 Å². The van der Waals surface area contributed by atoms with Gasteiger partial charge in [-0.05, 0) is 35.7 Å². The molecule has 0 aliphatic heterocycles. The van der Waals surface area contributed by atoms with E-state index < -0.39 is 10.9 Å². The summed E-state index contributed by atoms with van der Waals surface area (Å²) in [4.78, 5) is 24.5. The number of hydrogen-bond donors (Lipinski definition) is 2. The number of halogens is 1.